The molecule has 3 nitrogen and oxygen atoms in total. The first-order chi connectivity index (χ1) is 9.33. The van der Waals surface area contributed by atoms with Crippen LogP contribution in [0.3, 0.4) is 0 Å². The zero-order chi connectivity index (χ0) is 13.1. The predicted molar refractivity (Wildman–Crippen MR) is 75.4 cm³/mol. The molecule has 19 heavy (non-hydrogen) atoms. The first-order valence-electron chi connectivity index (χ1n) is 7.46. The largest absolute Gasteiger partial charge is 0.494 e. The van der Waals surface area contributed by atoms with E-state index in [1.54, 1.807) is 0 Å². The second-order valence-corrected chi connectivity index (χ2v) is 5.63. The van der Waals surface area contributed by atoms with E-state index < -0.39 is 0 Å². The van der Waals surface area contributed by atoms with Crippen molar-refractivity contribution in [2.45, 2.75) is 50.7 Å². The van der Waals surface area contributed by atoms with E-state index in [0.717, 1.165) is 44.6 Å². The minimum atomic E-state index is 0.226. The summed E-state index contributed by atoms with van der Waals surface area (Å²) in [6, 6.07) is 6.57. The molecule has 1 aromatic rings. The number of ether oxygens (including phenoxy) is 2. The summed E-state index contributed by atoms with van der Waals surface area (Å²) in [6.45, 7) is 1.72. The summed E-state index contributed by atoms with van der Waals surface area (Å²) >= 11 is 0. The molecule has 1 unspecified atom stereocenters. The molecule has 1 fully saturated rings. The Morgan fingerprint density at radius 3 is 3.11 bits per heavy atom. The van der Waals surface area contributed by atoms with Gasteiger partial charge in [-0.2, -0.15) is 0 Å². The highest BCUT2D eigenvalue weighted by Crippen LogP contribution is 2.31. The van der Waals surface area contributed by atoms with Gasteiger partial charge in [-0.25, -0.2) is 0 Å². The average molecular weight is 261 g/mol. The zero-order valence-electron chi connectivity index (χ0n) is 11.4. The quantitative estimate of drug-likeness (QED) is 0.829. The first kappa shape index (κ1) is 12.9. The molecule has 2 N–H and O–H groups in total. The lowest BCUT2D eigenvalue weighted by atomic mass is 10.1. The van der Waals surface area contributed by atoms with Gasteiger partial charge < -0.3 is 15.2 Å². The van der Waals surface area contributed by atoms with Gasteiger partial charge in [-0.1, -0.05) is 6.07 Å². The summed E-state index contributed by atoms with van der Waals surface area (Å²) in [5.41, 5.74) is 8.70. The van der Waals surface area contributed by atoms with Crippen LogP contribution in [0.15, 0.2) is 18.2 Å². The third-order valence-electron chi connectivity index (χ3n) is 4.20. The summed E-state index contributed by atoms with van der Waals surface area (Å²) < 4.78 is 11.4. The third kappa shape index (κ3) is 3.10. The highest BCUT2D eigenvalue weighted by Gasteiger charge is 2.19. The fourth-order valence-electron chi connectivity index (χ4n) is 3.09. The van der Waals surface area contributed by atoms with Crippen LogP contribution < -0.4 is 10.5 Å². The lowest BCUT2D eigenvalue weighted by Gasteiger charge is -2.11. The summed E-state index contributed by atoms with van der Waals surface area (Å²) in [7, 11) is 0. The van der Waals surface area contributed by atoms with Gasteiger partial charge in [-0.15, -0.1) is 0 Å². The van der Waals surface area contributed by atoms with Crippen molar-refractivity contribution in [1.82, 2.24) is 0 Å². The van der Waals surface area contributed by atoms with Crippen LogP contribution in [-0.4, -0.2) is 19.3 Å². The molecule has 3 heteroatoms. The van der Waals surface area contributed by atoms with Crippen molar-refractivity contribution in [3.8, 4) is 5.75 Å². The predicted octanol–water partition coefficient (Wildman–Crippen LogP) is 2.97. The molecule has 0 radical (unpaired) electrons. The van der Waals surface area contributed by atoms with Crippen LogP contribution in [0.1, 0.15) is 49.3 Å². The summed E-state index contributed by atoms with van der Waals surface area (Å²) in [5.74, 6) is 0.986. The van der Waals surface area contributed by atoms with Crippen LogP contribution in [0.2, 0.25) is 0 Å². The lowest BCUT2D eigenvalue weighted by Crippen LogP contribution is -2.08. The van der Waals surface area contributed by atoms with Gasteiger partial charge in [0, 0.05) is 12.6 Å². The van der Waals surface area contributed by atoms with Gasteiger partial charge in [-0.05, 0) is 61.8 Å². The van der Waals surface area contributed by atoms with E-state index in [4.69, 9.17) is 15.2 Å². The Morgan fingerprint density at radius 2 is 2.26 bits per heavy atom. The highest BCUT2D eigenvalue weighted by molar-refractivity contribution is 5.40. The number of nitrogens with two attached hydrogens (primary N) is 1. The average Bonchev–Trinajstić information content (AvgIpc) is 3.05. The Labute approximate surface area is 115 Å². The fraction of sp³-hybridized carbons (Fsp3) is 0.625. The van der Waals surface area contributed by atoms with Gasteiger partial charge in [0.2, 0.25) is 0 Å². The summed E-state index contributed by atoms with van der Waals surface area (Å²) in [4.78, 5) is 0. The minimum Gasteiger partial charge on any atom is -0.494 e. The van der Waals surface area contributed by atoms with Crippen LogP contribution in [0.4, 0.5) is 0 Å². The Hall–Kier alpha value is -1.06. The van der Waals surface area contributed by atoms with Crippen LogP contribution in [0.25, 0.3) is 0 Å². The third-order valence-corrected chi connectivity index (χ3v) is 4.20. The molecular weight excluding hydrogens is 238 g/mol. The van der Waals surface area contributed by atoms with Crippen molar-refractivity contribution < 1.29 is 9.47 Å². The number of hydrogen-bond acceptors (Lipinski definition) is 3. The van der Waals surface area contributed by atoms with E-state index in [1.807, 2.05) is 0 Å². The minimum absolute atomic E-state index is 0.226. The molecule has 1 heterocycles. The standard InChI is InChI=1S/C16H23NO2/c17-16-8-5-12-11-14(6-7-15(12)16)19-10-2-4-13-3-1-9-18-13/h6-7,11,13,16H,1-5,8-10,17H2/t13?,16-/m1/s1. The van der Waals surface area contributed by atoms with Crippen LogP contribution in [0.5, 0.6) is 5.75 Å². The molecule has 0 saturated carbocycles. The normalized spacial score (nSPS) is 25.5. The van der Waals surface area contributed by atoms with Gasteiger partial charge >= 0.3 is 0 Å². The Kier molecular flexibility index (Phi) is 4.04. The van der Waals surface area contributed by atoms with E-state index in [9.17, 15) is 0 Å². The van der Waals surface area contributed by atoms with Gasteiger partial charge in [0.05, 0.1) is 12.7 Å². The molecule has 1 aromatic carbocycles. The van der Waals surface area contributed by atoms with E-state index in [1.165, 1.54) is 24.0 Å². The topological polar surface area (TPSA) is 44.5 Å². The van der Waals surface area contributed by atoms with Crippen molar-refractivity contribution in [3.63, 3.8) is 0 Å². The van der Waals surface area contributed by atoms with Gasteiger partial charge in [0.25, 0.3) is 0 Å². The van der Waals surface area contributed by atoms with Gasteiger partial charge in [-0.3, -0.25) is 0 Å². The molecule has 104 valence electrons. The molecule has 0 spiro atoms. The molecule has 1 aliphatic carbocycles. The molecule has 2 atom stereocenters. The maximum atomic E-state index is 6.03. The molecular formula is C16H23NO2. The van der Waals surface area contributed by atoms with Crippen molar-refractivity contribution in [2.75, 3.05) is 13.2 Å². The molecule has 0 bridgehead atoms. The van der Waals surface area contributed by atoms with E-state index in [-0.39, 0.29) is 6.04 Å². The maximum Gasteiger partial charge on any atom is 0.119 e. The lowest BCUT2D eigenvalue weighted by molar-refractivity contribution is 0.0981. The van der Waals surface area contributed by atoms with Crippen molar-refractivity contribution in [3.05, 3.63) is 29.3 Å². The molecule has 2 aliphatic rings. The SMILES string of the molecule is N[C@@H]1CCc2cc(OCCCC3CCCO3)ccc21. The monoisotopic (exact) mass is 261 g/mol. The molecule has 0 aromatic heterocycles. The van der Waals surface area contributed by atoms with Crippen molar-refractivity contribution in [1.29, 1.82) is 0 Å². The molecule has 3 rings (SSSR count). The smallest absolute Gasteiger partial charge is 0.119 e. The van der Waals surface area contributed by atoms with E-state index in [0.29, 0.717) is 6.10 Å². The maximum absolute atomic E-state index is 6.03. The van der Waals surface area contributed by atoms with Gasteiger partial charge in [0.15, 0.2) is 0 Å². The molecule has 1 saturated heterocycles. The van der Waals surface area contributed by atoms with Crippen LogP contribution in [0, 0.1) is 0 Å². The number of hydrogen-bond donors (Lipinski definition) is 1. The Bertz CT molecular complexity index is 427. The van der Waals surface area contributed by atoms with Crippen LogP contribution in [-0.2, 0) is 11.2 Å². The summed E-state index contributed by atoms with van der Waals surface area (Å²) in [6.07, 6.45) is 7.26. The van der Waals surface area contributed by atoms with Crippen molar-refractivity contribution in [2.24, 2.45) is 5.73 Å². The Morgan fingerprint density at radius 1 is 1.32 bits per heavy atom. The van der Waals surface area contributed by atoms with E-state index in [2.05, 4.69) is 18.2 Å². The second kappa shape index (κ2) is 5.93. The first-order valence-corrected chi connectivity index (χ1v) is 7.46. The number of fused-ring (bicyclic) bond motifs is 1. The molecule has 1 aliphatic heterocycles. The highest BCUT2D eigenvalue weighted by atomic mass is 16.5. The second-order valence-electron chi connectivity index (χ2n) is 5.63. The van der Waals surface area contributed by atoms with Gasteiger partial charge in [0.1, 0.15) is 5.75 Å². The number of rotatable bonds is 5. The molecule has 0 amide bonds. The number of aryl methyl sites for hydroxylation is 1. The zero-order valence-corrected chi connectivity index (χ0v) is 11.4. The van der Waals surface area contributed by atoms with Crippen LogP contribution >= 0.6 is 0 Å². The van der Waals surface area contributed by atoms with E-state index >= 15 is 0 Å². The summed E-state index contributed by atoms with van der Waals surface area (Å²) in [5, 5.41) is 0. The Balaban J connectivity index is 1.45. The fourth-order valence-corrected chi connectivity index (χ4v) is 3.09. The van der Waals surface area contributed by atoms with Crippen molar-refractivity contribution >= 4 is 0 Å². The number of benzene rings is 1.